The van der Waals surface area contributed by atoms with Crippen molar-refractivity contribution in [2.24, 2.45) is 0 Å². The van der Waals surface area contributed by atoms with Gasteiger partial charge in [-0.25, -0.2) is 0 Å². The van der Waals surface area contributed by atoms with Crippen molar-refractivity contribution in [2.75, 3.05) is 26.2 Å². The molecule has 0 aliphatic carbocycles. The summed E-state index contributed by atoms with van der Waals surface area (Å²) in [5, 5.41) is 9.25. The quantitative estimate of drug-likeness (QED) is 0.804. The normalized spacial score (nSPS) is 18.3. The Morgan fingerprint density at radius 2 is 1.67 bits per heavy atom. The molecule has 21 heavy (non-hydrogen) atoms. The summed E-state index contributed by atoms with van der Waals surface area (Å²) in [6.45, 7) is 9.55. The molecule has 0 saturated carbocycles. The number of nitrogens with zero attached hydrogens (tertiary/aromatic N) is 3. The van der Waals surface area contributed by atoms with E-state index in [2.05, 4.69) is 54.0 Å². The number of nitriles is 1. The van der Waals surface area contributed by atoms with Gasteiger partial charge in [0.1, 0.15) is 0 Å². The number of aryl methyl sites for hydroxylation is 1. The molecular weight excluding hydrogens is 258 g/mol. The molecule has 1 heterocycles. The van der Waals surface area contributed by atoms with Crippen LogP contribution in [0.2, 0.25) is 0 Å². The lowest BCUT2D eigenvalue weighted by molar-refractivity contribution is 0.106. The maximum absolute atomic E-state index is 9.25. The van der Waals surface area contributed by atoms with Crippen molar-refractivity contribution in [3.63, 3.8) is 0 Å². The Balaban J connectivity index is 1.82. The van der Waals surface area contributed by atoms with Gasteiger partial charge in [0.2, 0.25) is 0 Å². The first-order valence-corrected chi connectivity index (χ1v) is 8.20. The molecule has 0 N–H and O–H groups in total. The minimum absolute atomic E-state index is 0.112. The maximum atomic E-state index is 9.25. The predicted octanol–water partition coefficient (Wildman–Crippen LogP) is 3.06. The molecule has 1 aromatic rings. The molecule has 0 bridgehead atoms. The third kappa shape index (κ3) is 4.56. The van der Waals surface area contributed by atoms with Crippen molar-refractivity contribution in [2.45, 2.75) is 45.7 Å². The van der Waals surface area contributed by atoms with E-state index in [1.165, 1.54) is 11.1 Å². The summed E-state index contributed by atoms with van der Waals surface area (Å²) in [6, 6.07) is 11.5. The van der Waals surface area contributed by atoms with Gasteiger partial charge >= 0.3 is 0 Å². The Morgan fingerprint density at radius 3 is 2.19 bits per heavy atom. The number of hydrogen-bond acceptors (Lipinski definition) is 3. The summed E-state index contributed by atoms with van der Waals surface area (Å²) < 4.78 is 0. The van der Waals surface area contributed by atoms with Crippen LogP contribution in [0, 0.1) is 11.3 Å². The van der Waals surface area contributed by atoms with Gasteiger partial charge in [0.15, 0.2) is 0 Å². The zero-order valence-electron chi connectivity index (χ0n) is 13.4. The second-order valence-corrected chi connectivity index (χ2v) is 5.92. The van der Waals surface area contributed by atoms with E-state index < -0.39 is 0 Å². The lowest BCUT2D eigenvalue weighted by Crippen LogP contribution is -2.49. The van der Waals surface area contributed by atoms with Crippen LogP contribution in [0.1, 0.15) is 37.8 Å². The van der Waals surface area contributed by atoms with Crippen LogP contribution < -0.4 is 0 Å². The first-order valence-electron chi connectivity index (χ1n) is 8.20. The fourth-order valence-corrected chi connectivity index (χ4v) is 2.97. The third-order valence-corrected chi connectivity index (χ3v) is 4.40. The third-order valence-electron chi connectivity index (χ3n) is 4.40. The van der Waals surface area contributed by atoms with Gasteiger partial charge in [0.25, 0.3) is 0 Å². The van der Waals surface area contributed by atoms with Crippen molar-refractivity contribution >= 4 is 0 Å². The number of piperazine rings is 1. The van der Waals surface area contributed by atoms with Crippen LogP contribution in [0.3, 0.4) is 0 Å². The molecule has 0 radical (unpaired) electrons. The van der Waals surface area contributed by atoms with Gasteiger partial charge < -0.3 is 0 Å². The van der Waals surface area contributed by atoms with Gasteiger partial charge in [-0.1, -0.05) is 44.5 Å². The molecule has 0 amide bonds. The van der Waals surface area contributed by atoms with Crippen LogP contribution in [0.4, 0.5) is 0 Å². The highest BCUT2D eigenvalue weighted by Gasteiger charge is 2.22. The Labute approximate surface area is 129 Å². The maximum Gasteiger partial charge on any atom is 0.0978 e. The van der Waals surface area contributed by atoms with Crippen LogP contribution in [-0.4, -0.2) is 42.0 Å². The molecule has 2 rings (SSSR count). The van der Waals surface area contributed by atoms with Crippen LogP contribution >= 0.6 is 0 Å². The van der Waals surface area contributed by atoms with Gasteiger partial charge in [0, 0.05) is 32.7 Å². The average molecular weight is 285 g/mol. The fraction of sp³-hybridized carbons (Fsp3) is 0.611. The Morgan fingerprint density at radius 1 is 1.05 bits per heavy atom. The molecule has 1 fully saturated rings. The minimum atomic E-state index is 0.112. The average Bonchev–Trinajstić information content (AvgIpc) is 2.54. The summed E-state index contributed by atoms with van der Waals surface area (Å²) in [6.07, 6.45) is 3.18. The van der Waals surface area contributed by atoms with Crippen molar-refractivity contribution in [3.05, 3.63) is 35.4 Å². The Kier molecular flexibility index (Phi) is 6.22. The van der Waals surface area contributed by atoms with Crippen LogP contribution in [0.5, 0.6) is 0 Å². The van der Waals surface area contributed by atoms with E-state index in [9.17, 15) is 5.26 Å². The topological polar surface area (TPSA) is 30.3 Å². The summed E-state index contributed by atoms with van der Waals surface area (Å²) >= 11 is 0. The molecular formula is C18H27N3. The highest BCUT2D eigenvalue weighted by atomic mass is 15.3. The number of rotatable bonds is 6. The first kappa shape index (κ1) is 16.0. The van der Waals surface area contributed by atoms with Gasteiger partial charge in [0.05, 0.1) is 12.1 Å². The lowest BCUT2D eigenvalue weighted by atomic mass is 10.1. The number of hydrogen-bond donors (Lipinski definition) is 0. The van der Waals surface area contributed by atoms with Gasteiger partial charge in [-0.2, -0.15) is 5.26 Å². The molecule has 1 saturated heterocycles. The van der Waals surface area contributed by atoms with Crippen molar-refractivity contribution in [3.8, 4) is 6.07 Å². The molecule has 3 nitrogen and oxygen atoms in total. The Bertz CT molecular complexity index is 452. The molecule has 0 spiro atoms. The van der Waals surface area contributed by atoms with Gasteiger partial charge in [-0.05, 0) is 24.0 Å². The van der Waals surface area contributed by atoms with E-state index in [-0.39, 0.29) is 6.04 Å². The minimum Gasteiger partial charge on any atom is -0.297 e. The summed E-state index contributed by atoms with van der Waals surface area (Å²) in [5.41, 5.74) is 2.80. The SMILES string of the molecule is CCCC(C#N)N1CCN(Cc2ccc(CC)cc2)CC1. The molecule has 0 aromatic heterocycles. The van der Waals surface area contributed by atoms with Crippen LogP contribution in [-0.2, 0) is 13.0 Å². The van der Waals surface area contributed by atoms with E-state index in [0.717, 1.165) is 52.0 Å². The van der Waals surface area contributed by atoms with Crippen LogP contribution in [0.25, 0.3) is 0 Å². The zero-order chi connectivity index (χ0) is 15.1. The van der Waals surface area contributed by atoms with E-state index >= 15 is 0 Å². The van der Waals surface area contributed by atoms with Gasteiger partial charge in [-0.3, -0.25) is 9.80 Å². The fourth-order valence-electron chi connectivity index (χ4n) is 2.97. The smallest absolute Gasteiger partial charge is 0.0978 e. The van der Waals surface area contributed by atoms with E-state index in [4.69, 9.17) is 0 Å². The summed E-state index contributed by atoms with van der Waals surface area (Å²) in [5.74, 6) is 0. The zero-order valence-corrected chi connectivity index (χ0v) is 13.4. The van der Waals surface area contributed by atoms with Crippen molar-refractivity contribution in [1.82, 2.24) is 9.80 Å². The van der Waals surface area contributed by atoms with Crippen molar-refractivity contribution in [1.29, 1.82) is 5.26 Å². The largest absolute Gasteiger partial charge is 0.297 e. The first-order chi connectivity index (χ1) is 10.3. The molecule has 1 unspecified atom stereocenters. The highest BCUT2D eigenvalue weighted by Crippen LogP contribution is 2.13. The second kappa shape index (κ2) is 8.17. The predicted molar refractivity (Wildman–Crippen MR) is 87.0 cm³/mol. The van der Waals surface area contributed by atoms with E-state index in [1.807, 2.05) is 0 Å². The van der Waals surface area contributed by atoms with Crippen LogP contribution in [0.15, 0.2) is 24.3 Å². The van der Waals surface area contributed by atoms with E-state index in [1.54, 1.807) is 0 Å². The van der Waals surface area contributed by atoms with Crippen molar-refractivity contribution < 1.29 is 0 Å². The van der Waals surface area contributed by atoms with E-state index in [0.29, 0.717) is 0 Å². The summed E-state index contributed by atoms with van der Waals surface area (Å²) in [7, 11) is 0. The highest BCUT2D eigenvalue weighted by molar-refractivity contribution is 5.22. The Hall–Kier alpha value is -1.37. The van der Waals surface area contributed by atoms with Gasteiger partial charge in [-0.15, -0.1) is 0 Å². The number of benzene rings is 1. The molecule has 1 aliphatic rings. The second-order valence-electron chi connectivity index (χ2n) is 5.92. The lowest BCUT2D eigenvalue weighted by Gasteiger charge is -2.36. The molecule has 1 aromatic carbocycles. The monoisotopic (exact) mass is 285 g/mol. The molecule has 1 atom stereocenters. The molecule has 1 aliphatic heterocycles. The molecule has 114 valence electrons. The summed E-state index contributed by atoms with van der Waals surface area (Å²) in [4.78, 5) is 4.85. The molecule has 3 heteroatoms. The standard InChI is InChI=1S/C18H27N3/c1-3-5-18(14-19)21-12-10-20(11-13-21)15-17-8-6-16(4-2)7-9-17/h6-9,18H,3-5,10-13,15H2,1-2H3.